The van der Waals surface area contributed by atoms with Gasteiger partial charge in [-0.3, -0.25) is 34.2 Å². The SMILES string of the molecule is CC(C)(C)OC(=O)NCCOCCOCCOCCOCCOCCOCCOCCOCCOCCOCCCCCC(=O)Nc1cccc2c1C(=O)N(C1CCC(=O)NC1=O)C2=O. The molecule has 2 heterocycles. The van der Waals surface area contributed by atoms with Crippen molar-refractivity contribution >= 4 is 41.3 Å². The summed E-state index contributed by atoms with van der Waals surface area (Å²) >= 11 is 0. The van der Waals surface area contributed by atoms with Crippen LogP contribution in [0.3, 0.4) is 0 Å². The van der Waals surface area contributed by atoms with E-state index in [9.17, 15) is 28.8 Å². The van der Waals surface area contributed by atoms with E-state index in [1.807, 2.05) is 20.8 Å². The summed E-state index contributed by atoms with van der Waals surface area (Å²) in [5.74, 6) is -2.73. The van der Waals surface area contributed by atoms with Gasteiger partial charge in [0.05, 0.1) is 142 Å². The van der Waals surface area contributed by atoms with E-state index in [0.717, 1.165) is 17.7 Å². The normalized spacial score (nSPS) is 15.1. The minimum atomic E-state index is -1.08. The molecule has 1 atom stereocenters. The molecule has 1 aromatic rings. The molecule has 0 saturated carbocycles. The van der Waals surface area contributed by atoms with Gasteiger partial charge >= 0.3 is 6.09 Å². The summed E-state index contributed by atoms with van der Waals surface area (Å²) in [6.07, 6.45) is 1.95. The Hall–Kier alpha value is -4.16. The monoisotopic (exact) mass is 926 g/mol. The second kappa shape index (κ2) is 33.3. The zero-order valence-corrected chi connectivity index (χ0v) is 38.3. The molecule has 65 heavy (non-hydrogen) atoms. The zero-order chi connectivity index (χ0) is 47.0. The minimum Gasteiger partial charge on any atom is -0.444 e. The second-order valence-corrected chi connectivity index (χ2v) is 15.6. The van der Waals surface area contributed by atoms with E-state index in [0.29, 0.717) is 145 Å². The van der Waals surface area contributed by atoms with Crippen molar-refractivity contribution in [3.05, 3.63) is 29.3 Å². The van der Waals surface area contributed by atoms with Gasteiger partial charge in [-0.15, -0.1) is 0 Å². The average molecular weight is 927 g/mol. The van der Waals surface area contributed by atoms with E-state index in [1.165, 1.54) is 6.07 Å². The molecule has 21 heteroatoms. The van der Waals surface area contributed by atoms with Crippen LogP contribution >= 0.6 is 0 Å². The lowest BCUT2D eigenvalue weighted by Gasteiger charge is -2.27. The number of hydrogen-bond acceptors (Lipinski definition) is 17. The van der Waals surface area contributed by atoms with Gasteiger partial charge in [0.2, 0.25) is 17.7 Å². The third-order valence-electron chi connectivity index (χ3n) is 9.20. The number of nitrogens with zero attached hydrogens (tertiary/aromatic N) is 1. The lowest BCUT2D eigenvalue weighted by atomic mass is 10.0. The largest absolute Gasteiger partial charge is 0.444 e. The number of imide groups is 2. The molecule has 0 aromatic heterocycles. The number of carbonyl (C=O) groups excluding carboxylic acids is 6. The number of anilines is 1. The molecule has 6 amide bonds. The highest BCUT2D eigenvalue weighted by Gasteiger charge is 2.45. The molecule has 1 fully saturated rings. The van der Waals surface area contributed by atoms with Gasteiger partial charge < -0.3 is 62.7 Å². The molecular formula is C44H70N4O17. The van der Waals surface area contributed by atoms with Gasteiger partial charge in [0.25, 0.3) is 11.8 Å². The van der Waals surface area contributed by atoms with Crippen LogP contribution in [0, 0.1) is 0 Å². The average Bonchev–Trinajstić information content (AvgIpc) is 3.51. The number of alkyl carbamates (subject to hydrolysis) is 1. The van der Waals surface area contributed by atoms with Gasteiger partial charge in [0.15, 0.2) is 0 Å². The third-order valence-corrected chi connectivity index (χ3v) is 9.20. The summed E-state index contributed by atoms with van der Waals surface area (Å²) in [4.78, 5) is 75.1. The first-order chi connectivity index (χ1) is 31.5. The Morgan fingerprint density at radius 1 is 0.615 bits per heavy atom. The van der Waals surface area contributed by atoms with Crippen LogP contribution in [-0.2, 0) is 66.5 Å². The van der Waals surface area contributed by atoms with Crippen molar-refractivity contribution in [2.75, 3.05) is 144 Å². The fourth-order valence-electron chi connectivity index (χ4n) is 6.12. The van der Waals surface area contributed by atoms with Crippen molar-refractivity contribution in [1.82, 2.24) is 15.5 Å². The molecule has 1 unspecified atom stereocenters. The maximum Gasteiger partial charge on any atom is 0.407 e. The minimum absolute atomic E-state index is 0.0246. The third kappa shape index (κ3) is 24.3. The number of fused-ring (bicyclic) bond motifs is 1. The molecule has 2 aliphatic rings. The van der Waals surface area contributed by atoms with Crippen molar-refractivity contribution in [3.63, 3.8) is 0 Å². The van der Waals surface area contributed by atoms with E-state index >= 15 is 0 Å². The molecule has 0 spiro atoms. The van der Waals surface area contributed by atoms with Crippen molar-refractivity contribution in [1.29, 1.82) is 0 Å². The van der Waals surface area contributed by atoms with Gasteiger partial charge in [0, 0.05) is 26.0 Å². The summed E-state index contributed by atoms with van der Waals surface area (Å²) < 4.78 is 60.0. The van der Waals surface area contributed by atoms with Crippen LogP contribution in [0.15, 0.2) is 18.2 Å². The molecule has 1 saturated heterocycles. The van der Waals surface area contributed by atoms with Crippen LogP contribution < -0.4 is 16.0 Å². The lowest BCUT2D eigenvalue weighted by Crippen LogP contribution is -2.54. The summed E-state index contributed by atoms with van der Waals surface area (Å²) in [7, 11) is 0. The quantitative estimate of drug-likeness (QED) is 0.0636. The Balaban J connectivity index is 0.980. The highest BCUT2D eigenvalue weighted by Crippen LogP contribution is 2.32. The van der Waals surface area contributed by atoms with Crippen LogP contribution in [0.25, 0.3) is 0 Å². The van der Waals surface area contributed by atoms with Crippen molar-refractivity contribution in [2.45, 2.75) is 70.9 Å². The number of carbonyl (C=O) groups is 6. The van der Waals surface area contributed by atoms with Crippen LogP contribution in [0.2, 0.25) is 0 Å². The molecule has 21 nitrogen and oxygen atoms in total. The van der Waals surface area contributed by atoms with Crippen LogP contribution in [0.4, 0.5) is 10.5 Å². The molecule has 368 valence electrons. The van der Waals surface area contributed by atoms with Crippen molar-refractivity contribution < 1.29 is 80.9 Å². The predicted octanol–water partition coefficient (Wildman–Crippen LogP) is 2.28. The Labute approximate surface area is 381 Å². The molecule has 2 aliphatic heterocycles. The van der Waals surface area contributed by atoms with E-state index in [1.54, 1.807) is 12.1 Å². The Bertz CT molecular complexity index is 1580. The van der Waals surface area contributed by atoms with Crippen molar-refractivity contribution in [3.8, 4) is 0 Å². The van der Waals surface area contributed by atoms with Gasteiger partial charge in [-0.2, -0.15) is 0 Å². The Kier molecular flexibility index (Phi) is 28.3. The molecule has 0 radical (unpaired) electrons. The Morgan fingerprint density at radius 3 is 1.54 bits per heavy atom. The number of rotatable bonds is 38. The van der Waals surface area contributed by atoms with E-state index < -0.39 is 41.4 Å². The number of unbranched alkanes of at least 4 members (excludes halogenated alkanes) is 2. The topological polar surface area (TPSA) is 243 Å². The molecule has 1 aromatic carbocycles. The Morgan fingerprint density at radius 2 is 1.08 bits per heavy atom. The first kappa shape index (κ1) is 55.2. The first-order valence-corrected chi connectivity index (χ1v) is 22.4. The van der Waals surface area contributed by atoms with Crippen LogP contribution in [-0.4, -0.2) is 191 Å². The molecular weight excluding hydrogens is 856 g/mol. The van der Waals surface area contributed by atoms with E-state index in [2.05, 4.69) is 16.0 Å². The van der Waals surface area contributed by atoms with Gasteiger partial charge in [-0.25, -0.2) is 4.79 Å². The molecule has 3 rings (SSSR count). The number of amides is 6. The summed E-state index contributed by atoms with van der Waals surface area (Å²) in [5.41, 5.74) is -0.156. The number of hydrogen-bond donors (Lipinski definition) is 3. The maximum atomic E-state index is 13.2. The fraction of sp³-hybridized carbons (Fsp3) is 0.727. The zero-order valence-electron chi connectivity index (χ0n) is 38.3. The second-order valence-electron chi connectivity index (χ2n) is 15.6. The van der Waals surface area contributed by atoms with Gasteiger partial charge in [-0.05, 0) is 52.2 Å². The highest BCUT2D eigenvalue weighted by atomic mass is 16.6. The lowest BCUT2D eigenvalue weighted by molar-refractivity contribution is -0.136. The summed E-state index contributed by atoms with van der Waals surface area (Å²) in [6, 6.07) is 3.52. The fourth-order valence-corrected chi connectivity index (χ4v) is 6.12. The number of ether oxygens (including phenoxy) is 11. The van der Waals surface area contributed by atoms with Crippen molar-refractivity contribution in [2.24, 2.45) is 0 Å². The predicted molar refractivity (Wildman–Crippen MR) is 233 cm³/mol. The van der Waals surface area contributed by atoms with E-state index in [-0.39, 0.29) is 42.0 Å². The maximum absolute atomic E-state index is 13.2. The molecule has 0 aliphatic carbocycles. The number of nitrogens with one attached hydrogen (secondary N) is 3. The van der Waals surface area contributed by atoms with Gasteiger partial charge in [-0.1, -0.05) is 12.5 Å². The highest BCUT2D eigenvalue weighted by molar-refractivity contribution is 6.26. The summed E-state index contributed by atoms with van der Waals surface area (Å²) in [5, 5.41) is 7.53. The first-order valence-electron chi connectivity index (χ1n) is 22.4. The smallest absolute Gasteiger partial charge is 0.407 e. The number of piperidine rings is 1. The molecule has 0 bridgehead atoms. The van der Waals surface area contributed by atoms with Gasteiger partial charge in [0.1, 0.15) is 11.6 Å². The standard InChI is InChI=1S/C44H70N4O17/c1-44(2,3)65-43(54)45-13-15-56-17-19-58-21-23-60-25-27-62-29-31-64-33-32-63-30-28-61-26-24-59-22-20-57-18-16-55-14-6-4-5-10-37(49)46-35-9-7-8-34-39(35)42(53)48(41(34)52)36-11-12-38(50)47-40(36)51/h7-9,36H,4-6,10-33H2,1-3H3,(H,45,54)(H,46,49)(H,47,50,51). The van der Waals surface area contributed by atoms with E-state index in [4.69, 9.17) is 52.1 Å². The molecule has 3 N–H and O–H groups in total. The summed E-state index contributed by atoms with van der Waals surface area (Å²) in [6.45, 7) is 14.8. The number of benzene rings is 1. The van der Waals surface area contributed by atoms with Crippen LogP contribution in [0.1, 0.15) is 80.0 Å². The van der Waals surface area contributed by atoms with Crippen LogP contribution in [0.5, 0.6) is 0 Å².